The first-order valence-electron chi connectivity index (χ1n) is 8.22. The van der Waals surface area contributed by atoms with Crippen LogP contribution >= 0.6 is 0 Å². The number of halogens is 1. The van der Waals surface area contributed by atoms with E-state index in [1.54, 1.807) is 0 Å². The number of benzene rings is 1. The second-order valence-electron chi connectivity index (χ2n) is 6.76. The van der Waals surface area contributed by atoms with Crippen LogP contribution in [0.2, 0.25) is 0 Å². The molecule has 1 aromatic carbocycles. The Morgan fingerprint density at radius 3 is 2.30 bits per heavy atom. The fourth-order valence-electron chi connectivity index (χ4n) is 3.91. The maximum absolute atomic E-state index is 12.9. The van der Waals surface area contributed by atoms with E-state index in [9.17, 15) is 4.39 Å². The van der Waals surface area contributed by atoms with E-state index in [0.717, 1.165) is 18.7 Å². The third kappa shape index (κ3) is 2.59. The standard InChI is InChI=1S/C18H21FN4/c1-12(2)22-10-17-7-16(22)11-23(17)15-5-3-13(4-6-15)18-20-8-14(19)9-21-18/h3-6,8-9,12,16-17H,7,10-11H2,1-2H3/t16-,17-/m0/s1. The molecule has 1 aromatic heterocycles. The van der Waals surface area contributed by atoms with Gasteiger partial charge in [0.05, 0.1) is 12.4 Å². The molecule has 23 heavy (non-hydrogen) atoms. The van der Waals surface area contributed by atoms with Crippen molar-refractivity contribution in [2.24, 2.45) is 0 Å². The van der Waals surface area contributed by atoms with Gasteiger partial charge in [-0.05, 0) is 44.5 Å². The Hall–Kier alpha value is -2.01. The van der Waals surface area contributed by atoms with E-state index >= 15 is 0 Å². The molecular weight excluding hydrogens is 291 g/mol. The normalized spacial score (nSPS) is 23.9. The molecule has 120 valence electrons. The molecule has 2 aromatic rings. The highest BCUT2D eigenvalue weighted by Gasteiger charge is 2.43. The molecule has 0 radical (unpaired) electrons. The highest BCUT2D eigenvalue weighted by molar-refractivity contribution is 5.61. The van der Waals surface area contributed by atoms with Gasteiger partial charge in [-0.15, -0.1) is 0 Å². The zero-order chi connectivity index (χ0) is 16.0. The summed E-state index contributed by atoms with van der Waals surface area (Å²) in [6, 6.07) is 10.2. The van der Waals surface area contributed by atoms with Crippen molar-refractivity contribution in [3.63, 3.8) is 0 Å². The lowest BCUT2D eigenvalue weighted by Crippen LogP contribution is -2.48. The molecule has 0 aliphatic carbocycles. The van der Waals surface area contributed by atoms with Crippen molar-refractivity contribution in [3.05, 3.63) is 42.5 Å². The number of likely N-dealkylation sites (tertiary alicyclic amines) is 1. The lowest BCUT2D eigenvalue weighted by Gasteiger charge is -2.37. The minimum Gasteiger partial charge on any atom is -0.366 e. The molecule has 0 amide bonds. The van der Waals surface area contributed by atoms with Crippen LogP contribution in [0.25, 0.3) is 11.4 Å². The van der Waals surface area contributed by atoms with Crippen molar-refractivity contribution in [1.82, 2.24) is 14.9 Å². The summed E-state index contributed by atoms with van der Waals surface area (Å²) in [4.78, 5) is 13.2. The van der Waals surface area contributed by atoms with Gasteiger partial charge in [0.2, 0.25) is 0 Å². The van der Waals surface area contributed by atoms with Gasteiger partial charge in [-0.25, -0.2) is 14.4 Å². The number of nitrogens with zero attached hydrogens (tertiary/aromatic N) is 4. The molecule has 2 saturated heterocycles. The number of anilines is 1. The fourth-order valence-corrected chi connectivity index (χ4v) is 3.91. The number of hydrogen-bond acceptors (Lipinski definition) is 4. The second-order valence-corrected chi connectivity index (χ2v) is 6.76. The molecule has 2 aliphatic heterocycles. The van der Waals surface area contributed by atoms with Gasteiger partial charge in [-0.3, -0.25) is 4.90 Å². The zero-order valence-electron chi connectivity index (χ0n) is 13.5. The summed E-state index contributed by atoms with van der Waals surface area (Å²) in [5.41, 5.74) is 2.17. The third-order valence-corrected chi connectivity index (χ3v) is 5.02. The summed E-state index contributed by atoms with van der Waals surface area (Å²) < 4.78 is 12.9. The van der Waals surface area contributed by atoms with E-state index < -0.39 is 5.82 Å². The molecule has 0 spiro atoms. The average molecular weight is 312 g/mol. The van der Waals surface area contributed by atoms with Crippen molar-refractivity contribution in [1.29, 1.82) is 0 Å². The van der Waals surface area contributed by atoms with Gasteiger partial charge in [-0.1, -0.05) is 0 Å². The Bertz CT molecular complexity index is 683. The molecular formula is C18H21FN4. The maximum atomic E-state index is 12.9. The summed E-state index contributed by atoms with van der Waals surface area (Å²) in [6.45, 7) is 6.82. The maximum Gasteiger partial charge on any atom is 0.159 e. The van der Waals surface area contributed by atoms with Crippen LogP contribution in [0, 0.1) is 5.82 Å². The molecule has 2 atom stereocenters. The van der Waals surface area contributed by atoms with Gasteiger partial charge in [0.15, 0.2) is 11.6 Å². The van der Waals surface area contributed by atoms with Crippen LogP contribution < -0.4 is 4.90 Å². The van der Waals surface area contributed by atoms with Gasteiger partial charge >= 0.3 is 0 Å². The molecule has 2 fully saturated rings. The van der Waals surface area contributed by atoms with E-state index in [1.165, 1.54) is 24.5 Å². The van der Waals surface area contributed by atoms with Gasteiger partial charge in [0, 0.05) is 42.5 Å². The topological polar surface area (TPSA) is 32.3 Å². The predicted octanol–water partition coefficient (Wildman–Crippen LogP) is 2.95. The van der Waals surface area contributed by atoms with Gasteiger partial charge in [0.25, 0.3) is 0 Å². The molecule has 0 N–H and O–H groups in total. The summed E-state index contributed by atoms with van der Waals surface area (Å²) in [5, 5.41) is 0. The third-order valence-electron chi connectivity index (χ3n) is 5.02. The zero-order valence-corrected chi connectivity index (χ0v) is 13.5. The largest absolute Gasteiger partial charge is 0.366 e. The van der Waals surface area contributed by atoms with Crippen LogP contribution in [-0.2, 0) is 0 Å². The molecule has 0 unspecified atom stereocenters. The van der Waals surface area contributed by atoms with Crippen LogP contribution in [0.15, 0.2) is 36.7 Å². The molecule has 4 nitrogen and oxygen atoms in total. The first-order valence-corrected chi connectivity index (χ1v) is 8.22. The van der Waals surface area contributed by atoms with E-state index in [2.05, 4.69) is 45.7 Å². The Kier molecular flexibility index (Phi) is 3.53. The van der Waals surface area contributed by atoms with E-state index in [4.69, 9.17) is 0 Å². The highest BCUT2D eigenvalue weighted by atomic mass is 19.1. The Morgan fingerprint density at radius 2 is 1.74 bits per heavy atom. The number of hydrogen-bond donors (Lipinski definition) is 0. The highest BCUT2D eigenvalue weighted by Crippen LogP contribution is 2.36. The Morgan fingerprint density at radius 1 is 1.04 bits per heavy atom. The molecule has 4 rings (SSSR count). The number of piperazine rings is 1. The van der Waals surface area contributed by atoms with E-state index in [1.807, 2.05) is 12.1 Å². The van der Waals surface area contributed by atoms with Crippen LogP contribution in [0.3, 0.4) is 0 Å². The van der Waals surface area contributed by atoms with Crippen molar-refractivity contribution in [2.45, 2.75) is 38.4 Å². The first kappa shape index (κ1) is 14.6. The Balaban J connectivity index is 1.51. The first-order chi connectivity index (χ1) is 11.1. The quantitative estimate of drug-likeness (QED) is 0.872. The van der Waals surface area contributed by atoms with Crippen LogP contribution in [0.1, 0.15) is 20.3 Å². The van der Waals surface area contributed by atoms with E-state index in [0.29, 0.717) is 23.9 Å². The monoisotopic (exact) mass is 312 g/mol. The summed E-state index contributed by atoms with van der Waals surface area (Å²) >= 11 is 0. The minimum atomic E-state index is -0.409. The van der Waals surface area contributed by atoms with Gasteiger partial charge < -0.3 is 4.90 Å². The molecule has 0 saturated carbocycles. The van der Waals surface area contributed by atoms with Crippen molar-refractivity contribution in [2.75, 3.05) is 18.0 Å². The molecule has 3 heterocycles. The van der Waals surface area contributed by atoms with Crippen molar-refractivity contribution in [3.8, 4) is 11.4 Å². The smallest absolute Gasteiger partial charge is 0.159 e. The lowest BCUT2D eigenvalue weighted by molar-refractivity contribution is 0.191. The molecule has 2 bridgehead atoms. The minimum absolute atomic E-state index is 0.409. The van der Waals surface area contributed by atoms with Crippen molar-refractivity contribution < 1.29 is 4.39 Å². The number of rotatable bonds is 3. The predicted molar refractivity (Wildman–Crippen MR) is 88.8 cm³/mol. The summed E-state index contributed by atoms with van der Waals surface area (Å²) in [6.07, 6.45) is 3.67. The van der Waals surface area contributed by atoms with Crippen LogP contribution in [0.5, 0.6) is 0 Å². The fraction of sp³-hybridized carbons (Fsp3) is 0.444. The number of fused-ring (bicyclic) bond motifs is 2. The lowest BCUT2D eigenvalue weighted by atomic mass is 10.1. The van der Waals surface area contributed by atoms with E-state index in [-0.39, 0.29) is 0 Å². The number of aromatic nitrogens is 2. The van der Waals surface area contributed by atoms with Gasteiger partial charge in [0.1, 0.15) is 0 Å². The van der Waals surface area contributed by atoms with Crippen LogP contribution in [0.4, 0.5) is 10.1 Å². The SMILES string of the molecule is CC(C)N1C[C@@H]2C[C@H]1CN2c1ccc(-c2ncc(F)cn2)cc1. The molecule has 2 aliphatic rings. The average Bonchev–Trinajstić information content (AvgIpc) is 3.16. The van der Waals surface area contributed by atoms with Gasteiger partial charge in [-0.2, -0.15) is 0 Å². The van der Waals surface area contributed by atoms with Crippen molar-refractivity contribution >= 4 is 5.69 Å². The van der Waals surface area contributed by atoms with Crippen LogP contribution in [-0.4, -0.2) is 46.1 Å². The summed E-state index contributed by atoms with van der Waals surface area (Å²) in [7, 11) is 0. The Labute approximate surface area is 136 Å². The molecule has 5 heteroatoms. The second kappa shape index (κ2) is 5.57. The summed E-state index contributed by atoms with van der Waals surface area (Å²) in [5.74, 6) is 0.153.